The van der Waals surface area contributed by atoms with Gasteiger partial charge in [-0.25, -0.2) is 0 Å². The quantitative estimate of drug-likeness (QED) is 0.669. The van der Waals surface area contributed by atoms with Crippen LogP contribution in [0.15, 0.2) is 12.7 Å². The fraction of sp³-hybridized carbons (Fsp3) is 0.769. The second-order valence-electron chi connectivity index (χ2n) is 5.41. The number of amides is 1. The highest BCUT2D eigenvalue weighted by atomic mass is 16.2. The molecule has 0 aromatic rings. The van der Waals surface area contributed by atoms with E-state index >= 15 is 0 Å². The topological polar surface area (TPSA) is 23.6 Å². The van der Waals surface area contributed by atoms with Gasteiger partial charge in [0.05, 0.1) is 0 Å². The highest BCUT2D eigenvalue weighted by molar-refractivity contribution is 5.87. The van der Waals surface area contributed by atoms with Crippen LogP contribution in [0.4, 0.5) is 0 Å². The van der Waals surface area contributed by atoms with Crippen molar-refractivity contribution in [3.05, 3.63) is 12.7 Å². The zero-order chi connectivity index (χ0) is 12.3. The highest BCUT2D eigenvalue weighted by Gasteiger charge is 2.32. The Balaban J connectivity index is 2.71. The molecule has 3 heteroatoms. The van der Waals surface area contributed by atoms with Crippen molar-refractivity contribution < 1.29 is 4.79 Å². The normalized spacial score (nSPS) is 23.2. The third kappa shape index (κ3) is 2.85. The Morgan fingerprint density at radius 2 is 2.06 bits per heavy atom. The molecule has 1 rings (SSSR count). The van der Waals surface area contributed by atoms with Crippen LogP contribution < -0.4 is 0 Å². The van der Waals surface area contributed by atoms with E-state index in [1.54, 1.807) is 0 Å². The van der Waals surface area contributed by atoms with Gasteiger partial charge < -0.3 is 4.90 Å². The van der Waals surface area contributed by atoms with Crippen molar-refractivity contribution in [3.63, 3.8) is 0 Å². The van der Waals surface area contributed by atoms with Gasteiger partial charge in [0.1, 0.15) is 0 Å². The molecule has 1 amide bonds. The van der Waals surface area contributed by atoms with Crippen LogP contribution in [0.25, 0.3) is 0 Å². The predicted molar refractivity (Wildman–Crippen MR) is 67.3 cm³/mol. The van der Waals surface area contributed by atoms with E-state index in [0.29, 0.717) is 6.04 Å². The average molecular weight is 224 g/mol. The first-order chi connectivity index (χ1) is 7.40. The van der Waals surface area contributed by atoms with Crippen LogP contribution in [-0.4, -0.2) is 46.9 Å². The summed E-state index contributed by atoms with van der Waals surface area (Å²) in [6, 6.07) is 0.332. The van der Waals surface area contributed by atoms with E-state index in [9.17, 15) is 4.79 Å². The number of rotatable bonds is 2. The van der Waals surface area contributed by atoms with E-state index < -0.39 is 0 Å². The van der Waals surface area contributed by atoms with Gasteiger partial charge >= 0.3 is 0 Å². The van der Waals surface area contributed by atoms with Crippen LogP contribution in [-0.2, 0) is 4.79 Å². The monoisotopic (exact) mass is 224 g/mol. The highest BCUT2D eigenvalue weighted by Crippen LogP contribution is 2.21. The molecule has 3 nitrogen and oxygen atoms in total. The van der Waals surface area contributed by atoms with Gasteiger partial charge in [-0.15, -0.1) is 0 Å². The molecule has 0 radical (unpaired) electrons. The smallest absolute Gasteiger partial charge is 0.246 e. The Morgan fingerprint density at radius 3 is 2.50 bits per heavy atom. The minimum atomic E-state index is 0.0698. The lowest BCUT2D eigenvalue weighted by Crippen LogP contribution is -2.59. The summed E-state index contributed by atoms with van der Waals surface area (Å²) >= 11 is 0. The van der Waals surface area contributed by atoms with E-state index in [0.717, 1.165) is 26.1 Å². The molecule has 1 aliphatic rings. The average Bonchev–Trinajstić information content (AvgIpc) is 2.26. The van der Waals surface area contributed by atoms with E-state index in [-0.39, 0.29) is 11.4 Å². The number of carbonyl (C=O) groups excluding carboxylic acids is 1. The lowest BCUT2D eigenvalue weighted by atomic mass is 10.0. The second kappa shape index (κ2) is 5.00. The summed E-state index contributed by atoms with van der Waals surface area (Å²) < 4.78 is 0. The molecular formula is C13H24N2O. The van der Waals surface area contributed by atoms with Gasteiger partial charge in [0.25, 0.3) is 0 Å². The van der Waals surface area contributed by atoms with E-state index in [2.05, 4.69) is 39.2 Å². The van der Waals surface area contributed by atoms with Crippen molar-refractivity contribution in [2.75, 3.05) is 19.6 Å². The number of piperazine rings is 1. The third-order valence-electron chi connectivity index (χ3n) is 3.36. The molecule has 1 atom stereocenters. The summed E-state index contributed by atoms with van der Waals surface area (Å²) in [5.41, 5.74) is 0.191. The fourth-order valence-corrected chi connectivity index (χ4v) is 2.22. The molecule has 0 aromatic carbocycles. The summed E-state index contributed by atoms with van der Waals surface area (Å²) in [6.07, 6.45) is 2.43. The van der Waals surface area contributed by atoms with Crippen molar-refractivity contribution >= 4 is 5.91 Å². The molecule has 0 aromatic heterocycles. The Morgan fingerprint density at radius 1 is 1.44 bits per heavy atom. The van der Waals surface area contributed by atoms with Gasteiger partial charge in [-0.3, -0.25) is 9.69 Å². The van der Waals surface area contributed by atoms with Gasteiger partial charge in [-0.2, -0.15) is 0 Å². The number of hydrogen-bond acceptors (Lipinski definition) is 2. The number of nitrogens with zero attached hydrogens (tertiary/aromatic N) is 2. The van der Waals surface area contributed by atoms with Crippen molar-refractivity contribution in [3.8, 4) is 0 Å². The molecule has 1 heterocycles. The molecule has 0 bridgehead atoms. The molecule has 1 aliphatic heterocycles. The first kappa shape index (κ1) is 13.2. The minimum absolute atomic E-state index is 0.0698. The first-order valence-corrected chi connectivity index (χ1v) is 6.08. The van der Waals surface area contributed by atoms with Crippen molar-refractivity contribution in [2.45, 2.75) is 45.7 Å². The maximum atomic E-state index is 11.7. The second-order valence-corrected chi connectivity index (χ2v) is 5.41. The molecule has 0 aliphatic carbocycles. The molecule has 92 valence electrons. The summed E-state index contributed by atoms with van der Waals surface area (Å²) in [7, 11) is 0. The van der Waals surface area contributed by atoms with E-state index in [1.165, 1.54) is 6.08 Å². The summed E-state index contributed by atoms with van der Waals surface area (Å²) in [4.78, 5) is 16.1. The first-order valence-electron chi connectivity index (χ1n) is 6.08. The fourth-order valence-electron chi connectivity index (χ4n) is 2.22. The van der Waals surface area contributed by atoms with Crippen LogP contribution in [0.3, 0.4) is 0 Å². The molecule has 1 fully saturated rings. The summed E-state index contributed by atoms with van der Waals surface area (Å²) in [6.45, 7) is 15.1. The maximum Gasteiger partial charge on any atom is 0.246 e. The van der Waals surface area contributed by atoms with Crippen molar-refractivity contribution in [1.29, 1.82) is 0 Å². The Bertz CT molecular complexity index is 268. The lowest BCUT2D eigenvalue weighted by Gasteiger charge is -2.46. The van der Waals surface area contributed by atoms with Crippen LogP contribution in [0.2, 0.25) is 0 Å². The van der Waals surface area contributed by atoms with Crippen LogP contribution in [0.1, 0.15) is 34.1 Å². The molecule has 1 unspecified atom stereocenters. The number of hydrogen-bond donors (Lipinski definition) is 0. The largest absolute Gasteiger partial charge is 0.334 e. The zero-order valence-corrected chi connectivity index (χ0v) is 11.0. The van der Waals surface area contributed by atoms with Crippen LogP contribution in [0.5, 0.6) is 0 Å². The van der Waals surface area contributed by atoms with Gasteiger partial charge in [0.15, 0.2) is 0 Å². The van der Waals surface area contributed by atoms with Crippen LogP contribution in [0, 0.1) is 0 Å². The zero-order valence-electron chi connectivity index (χ0n) is 11.0. The van der Waals surface area contributed by atoms with Crippen molar-refractivity contribution in [2.24, 2.45) is 0 Å². The molecular weight excluding hydrogens is 200 g/mol. The Labute approximate surface area is 99.1 Å². The molecule has 1 saturated heterocycles. The number of carbonyl (C=O) groups is 1. The molecule has 16 heavy (non-hydrogen) atoms. The predicted octanol–water partition coefficient (Wildman–Crippen LogP) is 1.89. The minimum Gasteiger partial charge on any atom is -0.334 e. The van der Waals surface area contributed by atoms with Crippen LogP contribution >= 0.6 is 0 Å². The summed E-state index contributed by atoms with van der Waals surface area (Å²) in [5.74, 6) is 0.0698. The van der Waals surface area contributed by atoms with Gasteiger partial charge in [-0.05, 0) is 33.3 Å². The molecule has 0 spiro atoms. The SMILES string of the molecule is C=CC(=O)N1CCN(C(C)(C)C)CC1CC. The van der Waals surface area contributed by atoms with E-state index in [1.807, 2.05) is 4.90 Å². The molecule has 0 saturated carbocycles. The summed E-state index contributed by atoms with van der Waals surface area (Å²) in [5, 5.41) is 0. The van der Waals surface area contributed by atoms with Gasteiger partial charge in [-0.1, -0.05) is 13.5 Å². The Kier molecular flexibility index (Phi) is 4.14. The molecule has 0 N–H and O–H groups in total. The van der Waals surface area contributed by atoms with Gasteiger partial charge in [0.2, 0.25) is 5.91 Å². The maximum absolute atomic E-state index is 11.7. The lowest BCUT2D eigenvalue weighted by molar-refractivity contribution is -0.132. The van der Waals surface area contributed by atoms with Crippen molar-refractivity contribution in [1.82, 2.24) is 9.80 Å². The standard InChI is InChI=1S/C13H24N2O/c1-6-11-10-14(13(3,4)5)8-9-15(11)12(16)7-2/h7,11H,2,6,8-10H2,1,3-5H3. The Hall–Kier alpha value is -0.830. The van der Waals surface area contributed by atoms with E-state index in [4.69, 9.17) is 0 Å². The van der Waals surface area contributed by atoms with Gasteiger partial charge in [0, 0.05) is 31.2 Å². The third-order valence-corrected chi connectivity index (χ3v) is 3.36.